The Labute approximate surface area is 119 Å². The zero-order valence-electron chi connectivity index (χ0n) is 12.2. The lowest BCUT2D eigenvalue weighted by molar-refractivity contribution is 0.0900. The van der Waals surface area contributed by atoms with Crippen molar-refractivity contribution in [2.75, 3.05) is 13.7 Å². The molecule has 0 heterocycles. The second-order valence-electron chi connectivity index (χ2n) is 5.03. The Hall–Kier alpha value is -1.88. The van der Waals surface area contributed by atoms with Crippen LogP contribution in [-0.2, 0) is 4.84 Å². The first-order valence-electron chi connectivity index (χ1n) is 6.65. The van der Waals surface area contributed by atoms with Crippen molar-refractivity contribution in [2.24, 2.45) is 11.1 Å². The first-order valence-corrected chi connectivity index (χ1v) is 6.65. The van der Waals surface area contributed by atoms with Crippen molar-refractivity contribution >= 4 is 12.1 Å². The maximum absolute atomic E-state index is 11.9. The Morgan fingerprint density at radius 3 is 2.60 bits per heavy atom. The largest absolute Gasteiger partial charge is 0.399 e. The molecule has 1 rings (SSSR count). The molecule has 0 saturated heterocycles. The molecule has 0 spiro atoms. The molecule has 1 amide bonds. The van der Waals surface area contributed by atoms with E-state index in [-0.39, 0.29) is 12.5 Å². The maximum Gasteiger partial charge on any atom is 0.251 e. The minimum Gasteiger partial charge on any atom is -0.399 e. The first-order chi connectivity index (χ1) is 9.52. The molecule has 110 valence electrons. The summed E-state index contributed by atoms with van der Waals surface area (Å²) in [6.07, 6.45) is 1.73. The quantitative estimate of drug-likeness (QED) is 0.590. The van der Waals surface area contributed by atoms with Crippen LogP contribution in [0.4, 0.5) is 0 Å². The van der Waals surface area contributed by atoms with Crippen LogP contribution < -0.4 is 5.32 Å². The third-order valence-corrected chi connectivity index (χ3v) is 2.72. The fourth-order valence-corrected chi connectivity index (χ4v) is 1.77. The van der Waals surface area contributed by atoms with Crippen molar-refractivity contribution in [2.45, 2.75) is 26.4 Å². The molecule has 0 saturated carbocycles. The minimum absolute atomic E-state index is 0.192. The summed E-state index contributed by atoms with van der Waals surface area (Å²) in [6.45, 7) is 4.33. The van der Waals surface area contributed by atoms with Gasteiger partial charge < -0.3 is 15.3 Å². The molecule has 5 heteroatoms. The molecule has 1 aromatic rings. The first kappa shape index (κ1) is 16.2. The van der Waals surface area contributed by atoms with Gasteiger partial charge in [0.05, 0.1) is 12.3 Å². The zero-order valence-corrected chi connectivity index (χ0v) is 12.2. The van der Waals surface area contributed by atoms with Crippen LogP contribution in [0.5, 0.6) is 0 Å². The van der Waals surface area contributed by atoms with Gasteiger partial charge in [0.25, 0.3) is 5.91 Å². The highest BCUT2D eigenvalue weighted by molar-refractivity contribution is 5.95. The number of carbonyl (C=O) groups is 1. The highest BCUT2D eigenvalue weighted by Gasteiger charge is 2.10. The maximum atomic E-state index is 11.9. The third-order valence-electron chi connectivity index (χ3n) is 2.72. The lowest BCUT2D eigenvalue weighted by Crippen LogP contribution is -2.32. The van der Waals surface area contributed by atoms with Crippen molar-refractivity contribution in [3.8, 4) is 0 Å². The summed E-state index contributed by atoms with van der Waals surface area (Å²) < 4.78 is 0. The van der Waals surface area contributed by atoms with Crippen molar-refractivity contribution in [3.05, 3.63) is 35.4 Å². The van der Waals surface area contributed by atoms with Crippen LogP contribution in [0.15, 0.2) is 29.4 Å². The molecule has 1 atom stereocenters. The van der Waals surface area contributed by atoms with Gasteiger partial charge in [0, 0.05) is 12.1 Å². The molecule has 0 radical (unpaired) electrons. The molecule has 0 bridgehead atoms. The van der Waals surface area contributed by atoms with Crippen LogP contribution in [0, 0.1) is 5.92 Å². The molecule has 1 unspecified atom stereocenters. The average Bonchev–Trinajstić information content (AvgIpc) is 2.42. The van der Waals surface area contributed by atoms with Crippen LogP contribution in [0.25, 0.3) is 0 Å². The predicted molar refractivity (Wildman–Crippen MR) is 78.8 cm³/mol. The van der Waals surface area contributed by atoms with Crippen LogP contribution in [-0.4, -0.2) is 37.0 Å². The van der Waals surface area contributed by atoms with E-state index in [9.17, 15) is 9.90 Å². The number of nitrogens with zero attached hydrogens (tertiary/aromatic N) is 1. The number of carbonyl (C=O) groups excluding carboxylic acids is 1. The minimum atomic E-state index is -0.507. The highest BCUT2D eigenvalue weighted by atomic mass is 16.6. The third kappa shape index (κ3) is 5.84. The number of hydrogen-bond acceptors (Lipinski definition) is 4. The number of rotatable bonds is 7. The van der Waals surface area contributed by atoms with Crippen LogP contribution >= 0.6 is 0 Å². The second kappa shape index (κ2) is 8.32. The van der Waals surface area contributed by atoms with E-state index in [4.69, 9.17) is 0 Å². The van der Waals surface area contributed by atoms with Gasteiger partial charge in [0.1, 0.15) is 7.11 Å². The molecule has 0 fully saturated rings. The van der Waals surface area contributed by atoms with Gasteiger partial charge in [-0.05, 0) is 30.0 Å². The normalized spacial score (nSPS) is 12.7. The number of amides is 1. The summed E-state index contributed by atoms with van der Waals surface area (Å²) in [4.78, 5) is 16.5. The number of aliphatic hydroxyl groups excluding tert-OH is 1. The SMILES string of the molecule is CO/N=C/c1ccc(C(=O)NCC(O)CC(C)C)cc1. The van der Waals surface area contributed by atoms with Gasteiger partial charge in [-0.2, -0.15) is 0 Å². The molecule has 0 aliphatic rings. The number of hydrogen-bond donors (Lipinski definition) is 2. The van der Waals surface area contributed by atoms with Crippen LogP contribution in [0.3, 0.4) is 0 Å². The van der Waals surface area contributed by atoms with Crippen molar-refractivity contribution in [1.82, 2.24) is 5.32 Å². The van der Waals surface area contributed by atoms with Crippen molar-refractivity contribution in [1.29, 1.82) is 0 Å². The molecule has 2 N–H and O–H groups in total. The molecule has 0 aliphatic heterocycles. The van der Waals surface area contributed by atoms with Gasteiger partial charge in [-0.15, -0.1) is 0 Å². The van der Waals surface area contributed by atoms with E-state index in [1.807, 2.05) is 13.8 Å². The number of benzene rings is 1. The van der Waals surface area contributed by atoms with Gasteiger partial charge in [-0.3, -0.25) is 4.79 Å². The average molecular weight is 278 g/mol. The van der Waals surface area contributed by atoms with E-state index in [1.54, 1.807) is 30.5 Å². The lowest BCUT2D eigenvalue weighted by atomic mass is 10.1. The summed E-state index contributed by atoms with van der Waals surface area (Å²) in [5.74, 6) is 0.212. The number of nitrogens with one attached hydrogen (secondary N) is 1. The molecular weight excluding hydrogens is 256 g/mol. The summed E-state index contributed by atoms with van der Waals surface area (Å²) in [5, 5.41) is 16.1. The van der Waals surface area contributed by atoms with Crippen molar-refractivity contribution < 1.29 is 14.7 Å². The molecule has 0 aliphatic carbocycles. The second-order valence-corrected chi connectivity index (χ2v) is 5.03. The van der Waals surface area contributed by atoms with Crippen LogP contribution in [0.2, 0.25) is 0 Å². The Kier molecular flexibility index (Phi) is 6.73. The Balaban J connectivity index is 2.49. The fourth-order valence-electron chi connectivity index (χ4n) is 1.77. The van der Waals surface area contributed by atoms with Gasteiger partial charge in [-0.1, -0.05) is 31.1 Å². The van der Waals surface area contributed by atoms with E-state index in [0.717, 1.165) is 5.56 Å². The Morgan fingerprint density at radius 1 is 1.40 bits per heavy atom. The van der Waals surface area contributed by atoms with Gasteiger partial charge in [-0.25, -0.2) is 0 Å². The van der Waals surface area contributed by atoms with Crippen molar-refractivity contribution in [3.63, 3.8) is 0 Å². The topological polar surface area (TPSA) is 70.9 Å². The Morgan fingerprint density at radius 2 is 2.05 bits per heavy atom. The molecule has 20 heavy (non-hydrogen) atoms. The smallest absolute Gasteiger partial charge is 0.251 e. The summed E-state index contributed by atoms with van der Waals surface area (Å²) in [6, 6.07) is 6.98. The number of aliphatic hydroxyl groups is 1. The lowest BCUT2D eigenvalue weighted by Gasteiger charge is -2.13. The fraction of sp³-hybridized carbons (Fsp3) is 0.467. The molecule has 0 aromatic heterocycles. The van der Waals surface area contributed by atoms with E-state index in [1.165, 1.54) is 7.11 Å². The van der Waals surface area contributed by atoms with Gasteiger partial charge >= 0.3 is 0 Å². The summed E-state index contributed by atoms with van der Waals surface area (Å²) in [7, 11) is 1.47. The summed E-state index contributed by atoms with van der Waals surface area (Å²) >= 11 is 0. The van der Waals surface area contributed by atoms with E-state index in [0.29, 0.717) is 17.9 Å². The highest BCUT2D eigenvalue weighted by Crippen LogP contribution is 2.05. The van der Waals surface area contributed by atoms with Gasteiger partial charge in [0.2, 0.25) is 0 Å². The summed E-state index contributed by atoms with van der Waals surface area (Å²) in [5.41, 5.74) is 1.40. The number of oxime groups is 1. The van der Waals surface area contributed by atoms with E-state index in [2.05, 4.69) is 15.3 Å². The van der Waals surface area contributed by atoms with Crippen LogP contribution in [0.1, 0.15) is 36.2 Å². The van der Waals surface area contributed by atoms with E-state index < -0.39 is 6.10 Å². The monoisotopic (exact) mass is 278 g/mol. The van der Waals surface area contributed by atoms with E-state index >= 15 is 0 Å². The Bertz CT molecular complexity index is 441. The zero-order chi connectivity index (χ0) is 15.0. The standard InChI is InChI=1S/C15H22N2O3/c1-11(2)8-14(18)10-16-15(19)13-6-4-12(5-7-13)9-17-20-3/h4-7,9,11,14,18H,8,10H2,1-3H3,(H,16,19)/b17-9+. The molecule has 5 nitrogen and oxygen atoms in total. The molecular formula is C15H22N2O3. The molecule has 1 aromatic carbocycles. The van der Waals surface area contributed by atoms with Gasteiger partial charge in [0.15, 0.2) is 0 Å². The predicted octanol–water partition coefficient (Wildman–Crippen LogP) is 1.80.